The molecule has 0 amide bonds. The average molecular weight is 262 g/mol. The molecule has 0 radical (unpaired) electrons. The molecule has 0 fully saturated rings. The highest BCUT2D eigenvalue weighted by molar-refractivity contribution is 9.10. The fourth-order valence-electron chi connectivity index (χ4n) is 1.09. The molecule has 1 aromatic rings. The fraction of sp³-hybridized carbons (Fsp3) is 0.625. The van der Waals surface area contributed by atoms with Gasteiger partial charge in [0, 0.05) is 0 Å². The standard InChI is InChI=1S/C8H12BrN3O2/c1-5-10-6(2)12(11-5)4-7(9)8(13)14-3/h7H,4H2,1-3H3. The van der Waals surface area contributed by atoms with Crippen molar-refractivity contribution in [1.29, 1.82) is 0 Å². The molecular formula is C8H12BrN3O2. The number of carbonyl (C=O) groups excluding carboxylic acids is 1. The number of nitrogens with zero attached hydrogens (tertiary/aromatic N) is 3. The maximum absolute atomic E-state index is 11.1. The van der Waals surface area contributed by atoms with Crippen LogP contribution in [0.15, 0.2) is 0 Å². The van der Waals surface area contributed by atoms with E-state index in [0.29, 0.717) is 12.4 Å². The zero-order chi connectivity index (χ0) is 10.7. The van der Waals surface area contributed by atoms with E-state index in [0.717, 1.165) is 5.82 Å². The molecule has 14 heavy (non-hydrogen) atoms. The Morgan fingerprint density at radius 1 is 1.64 bits per heavy atom. The van der Waals surface area contributed by atoms with Gasteiger partial charge in [0.05, 0.1) is 13.7 Å². The summed E-state index contributed by atoms with van der Waals surface area (Å²) in [6.07, 6.45) is 0. The quantitative estimate of drug-likeness (QED) is 0.598. The topological polar surface area (TPSA) is 57.0 Å². The lowest BCUT2D eigenvalue weighted by molar-refractivity contribution is -0.140. The second kappa shape index (κ2) is 4.54. The molecule has 0 aliphatic heterocycles. The van der Waals surface area contributed by atoms with Gasteiger partial charge >= 0.3 is 5.97 Å². The number of rotatable bonds is 3. The minimum atomic E-state index is -0.382. The second-order valence-electron chi connectivity index (χ2n) is 2.88. The summed E-state index contributed by atoms with van der Waals surface area (Å²) in [7, 11) is 1.36. The number of aromatic nitrogens is 3. The Morgan fingerprint density at radius 2 is 2.29 bits per heavy atom. The predicted molar refractivity (Wildman–Crippen MR) is 54.2 cm³/mol. The van der Waals surface area contributed by atoms with E-state index in [9.17, 15) is 4.79 Å². The van der Waals surface area contributed by atoms with Crippen molar-refractivity contribution >= 4 is 21.9 Å². The van der Waals surface area contributed by atoms with Crippen molar-refractivity contribution in [3.05, 3.63) is 11.6 Å². The number of alkyl halides is 1. The van der Waals surface area contributed by atoms with Crippen molar-refractivity contribution in [3.63, 3.8) is 0 Å². The van der Waals surface area contributed by atoms with Gasteiger partial charge in [0.1, 0.15) is 16.5 Å². The first-order chi connectivity index (χ1) is 6.54. The van der Waals surface area contributed by atoms with E-state index >= 15 is 0 Å². The number of aryl methyl sites for hydroxylation is 2. The summed E-state index contributed by atoms with van der Waals surface area (Å²) in [5.41, 5.74) is 0. The van der Waals surface area contributed by atoms with Gasteiger partial charge in [-0.05, 0) is 13.8 Å². The summed E-state index contributed by atoms with van der Waals surface area (Å²) in [6, 6.07) is 0. The van der Waals surface area contributed by atoms with Crippen LogP contribution in [0.2, 0.25) is 0 Å². The van der Waals surface area contributed by atoms with Gasteiger partial charge in [0.2, 0.25) is 0 Å². The Bertz CT molecular complexity index is 337. The lowest BCUT2D eigenvalue weighted by Gasteiger charge is -2.07. The highest BCUT2D eigenvalue weighted by Crippen LogP contribution is 2.07. The first-order valence-electron chi connectivity index (χ1n) is 4.14. The van der Waals surface area contributed by atoms with Crippen LogP contribution in [0.1, 0.15) is 11.6 Å². The number of halogens is 1. The van der Waals surface area contributed by atoms with Gasteiger partial charge in [0.25, 0.3) is 0 Å². The van der Waals surface area contributed by atoms with E-state index in [1.807, 2.05) is 13.8 Å². The first kappa shape index (κ1) is 11.2. The molecular weight excluding hydrogens is 250 g/mol. The van der Waals surface area contributed by atoms with E-state index in [-0.39, 0.29) is 10.8 Å². The van der Waals surface area contributed by atoms with Gasteiger partial charge in [-0.2, -0.15) is 5.10 Å². The molecule has 0 bridgehead atoms. The van der Waals surface area contributed by atoms with Crippen LogP contribution in [0.5, 0.6) is 0 Å². The van der Waals surface area contributed by atoms with Crippen LogP contribution in [0.25, 0.3) is 0 Å². The average Bonchev–Trinajstić information content (AvgIpc) is 2.44. The number of hydrogen-bond donors (Lipinski definition) is 0. The predicted octanol–water partition coefficient (Wildman–Crippen LogP) is 0.831. The SMILES string of the molecule is COC(=O)C(Br)Cn1nc(C)nc1C. The van der Waals surface area contributed by atoms with Crippen LogP contribution >= 0.6 is 15.9 Å². The van der Waals surface area contributed by atoms with Crippen LogP contribution in [0.3, 0.4) is 0 Å². The molecule has 1 unspecified atom stereocenters. The minimum Gasteiger partial charge on any atom is -0.468 e. The van der Waals surface area contributed by atoms with Crippen LogP contribution in [0.4, 0.5) is 0 Å². The highest BCUT2D eigenvalue weighted by Gasteiger charge is 2.17. The third-order valence-corrected chi connectivity index (χ3v) is 2.42. The summed E-state index contributed by atoms with van der Waals surface area (Å²) >= 11 is 3.22. The van der Waals surface area contributed by atoms with Crippen molar-refractivity contribution < 1.29 is 9.53 Å². The Morgan fingerprint density at radius 3 is 2.71 bits per heavy atom. The third-order valence-electron chi connectivity index (χ3n) is 1.75. The van der Waals surface area contributed by atoms with Gasteiger partial charge in [-0.3, -0.25) is 4.79 Å². The zero-order valence-corrected chi connectivity index (χ0v) is 9.91. The van der Waals surface area contributed by atoms with Crippen molar-refractivity contribution in [2.75, 3.05) is 7.11 Å². The second-order valence-corrected chi connectivity index (χ2v) is 3.98. The first-order valence-corrected chi connectivity index (χ1v) is 5.06. The molecule has 0 spiro atoms. The van der Waals surface area contributed by atoms with Crippen LogP contribution in [0, 0.1) is 13.8 Å². The molecule has 1 aromatic heterocycles. The minimum absolute atomic E-state index is 0.308. The summed E-state index contributed by atoms with van der Waals surface area (Å²) in [4.78, 5) is 14.8. The van der Waals surface area contributed by atoms with Crippen molar-refractivity contribution in [2.45, 2.75) is 25.2 Å². The molecule has 0 saturated carbocycles. The summed E-state index contributed by atoms with van der Waals surface area (Å²) in [5.74, 6) is 1.18. The molecule has 0 N–H and O–H groups in total. The maximum Gasteiger partial charge on any atom is 0.321 e. The van der Waals surface area contributed by atoms with Crippen molar-refractivity contribution in [1.82, 2.24) is 14.8 Å². The number of esters is 1. The van der Waals surface area contributed by atoms with E-state index in [1.165, 1.54) is 7.11 Å². The van der Waals surface area contributed by atoms with E-state index in [2.05, 4.69) is 30.7 Å². The molecule has 6 heteroatoms. The molecule has 78 valence electrons. The molecule has 0 aromatic carbocycles. The van der Waals surface area contributed by atoms with Crippen molar-refractivity contribution in [2.24, 2.45) is 0 Å². The number of carbonyl (C=O) groups is 1. The Hall–Kier alpha value is -0.910. The number of methoxy groups -OCH3 is 1. The Kier molecular flexibility index (Phi) is 3.62. The van der Waals surface area contributed by atoms with Gasteiger partial charge < -0.3 is 4.74 Å². The summed E-state index contributed by atoms with van der Waals surface area (Å²) in [5, 5.41) is 4.13. The van der Waals surface area contributed by atoms with Gasteiger partial charge in [-0.1, -0.05) is 15.9 Å². The summed E-state index contributed by atoms with van der Waals surface area (Å²) in [6.45, 7) is 4.08. The van der Waals surface area contributed by atoms with E-state index in [1.54, 1.807) is 4.68 Å². The lowest BCUT2D eigenvalue weighted by Crippen LogP contribution is -2.22. The maximum atomic E-state index is 11.1. The largest absolute Gasteiger partial charge is 0.468 e. The van der Waals surface area contributed by atoms with Crippen LogP contribution in [-0.2, 0) is 16.1 Å². The number of hydrogen-bond acceptors (Lipinski definition) is 4. The number of ether oxygens (including phenoxy) is 1. The molecule has 1 rings (SSSR count). The lowest BCUT2D eigenvalue weighted by atomic mass is 10.4. The van der Waals surface area contributed by atoms with Crippen molar-refractivity contribution in [3.8, 4) is 0 Å². The normalized spacial score (nSPS) is 12.6. The fourth-order valence-corrected chi connectivity index (χ4v) is 1.55. The Balaban J connectivity index is 2.69. The third kappa shape index (κ3) is 2.54. The van der Waals surface area contributed by atoms with Gasteiger partial charge in [-0.15, -0.1) is 0 Å². The van der Waals surface area contributed by atoms with Gasteiger partial charge in [-0.25, -0.2) is 9.67 Å². The Labute approximate surface area is 90.6 Å². The van der Waals surface area contributed by atoms with E-state index in [4.69, 9.17) is 0 Å². The molecule has 1 atom stereocenters. The van der Waals surface area contributed by atoms with Crippen LogP contribution < -0.4 is 0 Å². The smallest absolute Gasteiger partial charge is 0.321 e. The summed E-state index contributed by atoms with van der Waals surface area (Å²) < 4.78 is 6.26. The monoisotopic (exact) mass is 261 g/mol. The van der Waals surface area contributed by atoms with Gasteiger partial charge in [0.15, 0.2) is 0 Å². The molecule has 1 heterocycles. The molecule has 0 aliphatic carbocycles. The zero-order valence-electron chi connectivity index (χ0n) is 8.32. The molecule has 0 saturated heterocycles. The highest BCUT2D eigenvalue weighted by atomic mass is 79.9. The van der Waals surface area contributed by atoms with E-state index < -0.39 is 0 Å². The molecule has 0 aliphatic rings. The van der Waals surface area contributed by atoms with Crippen LogP contribution in [-0.4, -0.2) is 32.7 Å². The molecule has 5 nitrogen and oxygen atoms in total.